The van der Waals surface area contributed by atoms with Gasteiger partial charge in [-0.2, -0.15) is 0 Å². The average molecular weight is 441 g/mol. The van der Waals surface area contributed by atoms with Gasteiger partial charge in [-0.3, -0.25) is 35.1 Å². The van der Waals surface area contributed by atoms with Crippen LogP contribution in [0.2, 0.25) is 0 Å². The lowest BCUT2D eigenvalue weighted by Crippen LogP contribution is -2.57. The molecule has 4 unspecified atom stereocenters. The van der Waals surface area contributed by atoms with Crippen LogP contribution < -0.4 is 15.4 Å². The molecule has 2 aliphatic heterocycles. The summed E-state index contributed by atoms with van der Waals surface area (Å²) in [5.74, 6) is -4.86. The number of carbonyl (C=O) groups is 3. The molecule has 0 bridgehead atoms. The predicted molar refractivity (Wildman–Crippen MR) is 108 cm³/mol. The number of aliphatic carboxylic acids is 1. The minimum atomic E-state index is -1.84. The number of nitro groups is 1. The zero-order valence-electron chi connectivity index (χ0n) is 16.8. The van der Waals surface area contributed by atoms with Crippen molar-refractivity contribution < 1.29 is 34.3 Å². The lowest BCUT2D eigenvalue weighted by atomic mass is 9.76. The molecule has 4 N–H and O–H groups in total. The van der Waals surface area contributed by atoms with E-state index in [0.717, 1.165) is 0 Å². The quantitative estimate of drug-likeness (QED) is 0.289. The van der Waals surface area contributed by atoms with E-state index in [1.54, 1.807) is 0 Å². The molecule has 11 heteroatoms. The Kier molecular flexibility index (Phi) is 5.05. The molecule has 0 aromatic heterocycles. The van der Waals surface area contributed by atoms with Crippen LogP contribution in [0.3, 0.4) is 0 Å². The lowest BCUT2D eigenvalue weighted by molar-refractivity contribution is -0.384. The number of benzene rings is 2. The van der Waals surface area contributed by atoms with Crippen LogP contribution >= 0.6 is 0 Å². The summed E-state index contributed by atoms with van der Waals surface area (Å²) in [6.45, 7) is 0. The minimum absolute atomic E-state index is 0.131. The van der Waals surface area contributed by atoms with Crippen molar-refractivity contribution in [3.8, 4) is 11.5 Å². The summed E-state index contributed by atoms with van der Waals surface area (Å²) in [5.41, 5.74) is -1.09. The SMILES string of the molecule is COc1cc(C2NC(Cc3ccc([N+](=O)[O-])cc3)(C(=O)O)C3C(=O)NC(=O)C23)ccc1O. The van der Waals surface area contributed by atoms with Crippen LogP contribution in [0.1, 0.15) is 17.2 Å². The first kappa shape index (κ1) is 21.2. The Morgan fingerprint density at radius 3 is 2.47 bits per heavy atom. The maximum absolute atomic E-state index is 12.7. The lowest BCUT2D eigenvalue weighted by Gasteiger charge is -2.30. The molecule has 2 amide bonds. The number of amides is 2. The van der Waals surface area contributed by atoms with Gasteiger partial charge in [0, 0.05) is 24.6 Å². The first-order chi connectivity index (χ1) is 15.2. The molecule has 2 fully saturated rings. The molecule has 2 heterocycles. The van der Waals surface area contributed by atoms with Crippen molar-refractivity contribution in [3.63, 3.8) is 0 Å². The van der Waals surface area contributed by atoms with E-state index in [2.05, 4.69) is 10.6 Å². The number of carboxylic acid groups (broad SMARTS) is 1. The molecule has 2 saturated heterocycles. The highest BCUT2D eigenvalue weighted by molar-refractivity contribution is 6.09. The number of carbonyl (C=O) groups excluding carboxylic acids is 2. The fourth-order valence-electron chi connectivity index (χ4n) is 4.60. The number of imide groups is 1. The summed E-state index contributed by atoms with van der Waals surface area (Å²) in [5, 5.41) is 36.2. The maximum atomic E-state index is 12.7. The van der Waals surface area contributed by atoms with E-state index < -0.39 is 46.1 Å². The van der Waals surface area contributed by atoms with E-state index in [1.165, 1.54) is 49.6 Å². The summed E-state index contributed by atoms with van der Waals surface area (Å²) < 4.78 is 5.11. The Hall–Kier alpha value is -3.99. The topological polar surface area (TPSA) is 168 Å². The average Bonchev–Trinajstić information content (AvgIpc) is 3.25. The van der Waals surface area contributed by atoms with Crippen LogP contribution in [-0.4, -0.2) is 45.6 Å². The fourth-order valence-corrected chi connectivity index (χ4v) is 4.60. The van der Waals surface area contributed by atoms with Crippen LogP contribution in [-0.2, 0) is 20.8 Å². The van der Waals surface area contributed by atoms with E-state index in [0.29, 0.717) is 11.1 Å². The summed E-state index contributed by atoms with van der Waals surface area (Å²) >= 11 is 0. The van der Waals surface area contributed by atoms with Crippen LogP contribution in [0.4, 0.5) is 5.69 Å². The number of methoxy groups -OCH3 is 1. The van der Waals surface area contributed by atoms with Gasteiger partial charge in [0.1, 0.15) is 5.54 Å². The number of phenols is 1. The number of hydrogen-bond acceptors (Lipinski definition) is 8. The van der Waals surface area contributed by atoms with Crippen LogP contribution in [0.15, 0.2) is 42.5 Å². The first-order valence-electron chi connectivity index (χ1n) is 9.64. The number of nitro benzene ring substituents is 1. The van der Waals surface area contributed by atoms with Gasteiger partial charge in [-0.25, -0.2) is 0 Å². The second-order valence-corrected chi connectivity index (χ2v) is 7.79. The van der Waals surface area contributed by atoms with Crippen molar-refractivity contribution in [1.82, 2.24) is 10.6 Å². The van der Waals surface area contributed by atoms with Crippen molar-refractivity contribution in [3.05, 3.63) is 63.7 Å². The Morgan fingerprint density at radius 1 is 1.19 bits per heavy atom. The highest BCUT2D eigenvalue weighted by Gasteiger charge is 2.66. The molecule has 0 aliphatic carbocycles. The van der Waals surface area contributed by atoms with Crippen LogP contribution in [0.5, 0.6) is 11.5 Å². The Bertz CT molecular complexity index is 1130. The van der Waals surface area contributed by atoms with E-state index in [1.807, 2.05) is 0 Å². The van der Waals surface area contributed by atoms with Gasteiger partial charge in [-0.05, 0) is 23.3 Å². The van der Waals surface area contributed by atoms with Crippen molar-refractivity contribution >= 4 is 23.5 Å². The summed E-state index contributed by atoms with van der Waals surface area (Å²) in [7, 11) is 1.35. The fraction of sp³-hybridized carbons (Fsp3) is 0.286. The molecule has 2 aliphatic rings. The van der Waals surface area contributed by atoms with E-state index in [-0.39, 0.29) is 23.6 Å². The standard InChI is InChI=1S/C21H19N3O8/c1-32-14-8-11(4-7-13(14)25)17-15-16(19(27)22-18(15)26)21(23-17,20(28)29)9-10-2-5-12(6-3-10)24(30)31/h2-8,15-17,23,25H,9H2,1H3,(H,28,29)(H,22,26,27). The Morgan fingerprint density at radius 2 is 1.88 bits per heavy atom. The van der Waals surface area contributed by atoms with Gasteiger partial charge in [0.2, 0.25) is 11.8 Å². The van der Waals surface area contributed by atoms with Crippen LogP contribution in [0.25, 0.3) is 0 Å². The van der Waals surface area contributed by atoms with E-state index in [4.69, 9.17) is 4.74 Å². The van der Waals surface area contributed by atoms with Crippen molar-refractivity contribution in [2.45, 2.75) is 18.0 Å². The zero-order chi connectivity index (χ0) is 23.2. The summed E-state index contributed by atoms with van der Waals surface area (Å²) in [4.78, 5) is 48.2. The number of rotatable bonds is 6. The molecule has 4 atom stereocenters. The first-order valence-corrected chi connectivity index (χ1v) is 9.64. The largest absolute Gasteiger partial charge is 0.504 e. The molecule has 4 rings (SSSR count). The Labute approximate surface area is 181 Å². The third-order valence-electron chi connectivity index (χ3n) is 6.07. The number of fused-ring (bicyclic) bond motifs is 1. The van der Waals surface area contributed by atoms with Crippen LogP contribution in [0, 0.1) is 22.0 Å². The minimum Gasteiger partial charge on any atom is -0.504 e. The molecule has 166 valence electrons. The highest BCUT2D eigenvalue weighted by atomic mass is 16.6. The molecular formula is C21H19N3O8. The molecule has 2 aromatic rings. The number of aromatic hydroxyl groups is 1. The van der Waals surface area contributed by atoms with Gasteiger partial charge in [0.05, 0.1) is 23.9 Å². The predicted octanol–water partition coefficient (Wildman–Crippen LogP) is 0.908. The molecule has 2 aromatic carbocycles. The van der Waals surface area contributed by atoms with Gasteiger partial charge >= 0.3 is 5.97 Å². The second-order valence-electron chi connectivity index (χ2n) is 7.79. The molecule has 0 saturated carbocycles. The number of nitrogens with one attached hydrogen (secondary N) is 2. The van der Waals surface area contributed by atoms with Crippen molar-refractivity contribution in [2.75, 3.05) is 7.11 Å². The summed E-state index contributed by atoms with van der Waals surface area (Å²) in [6.07, 6.45) is -0.187. The second kappa shape index (κ2) is 7.61. The Balaban J connectivity index is 1.78. The third-order valence-corrected chi connectivity index (χ3v) is 6.07. The van der Waals surface area contributed by atoms with Gasteiger partial charge < -0.3 is 14.9 Å². The molecule has 0 spiro atoms. The third kappa shape index (κ3) is 3.23. The molecule has 32 heavy (non-hydrogen) atoms. The van der Waals surface area contributed by atoms with Gasteiger partial charge in [-0.15, -0.1) is 0 Å². The number of non-ortho nitro benzene ring substituents is 1. The smallest absolute Gasteiger partial charge is 0.325 e. The van der Waals surface area contributed by atoms with Crippen molar-refractivity contribution in [2.24, 2.45) is 11.8 Å². The highest BCUT2D eigenvalue weighted by Crippen LogP contribution is 2.48. The van der Waals surface area contributed by atoms with E-state index >= 15 is 0 Å². The van der Waals surface area contributed by atoms with Gasteiger partial charge in [0.15, 0.2) is 11.5 Å². The zero-order valence-corrected chi connectivity index (χ0v) is 16.8. The van der Waals surface area contributed by atoms with Crippen molar-refractivity contribution in [1.29, 1.82) is 0 Å². The molecular weight excluding hydrogens is 422 g/mol. The monoisotopic (exact) mass is 441 g/mol. The van der Waals surface area contributed by atoms with E-state index in [9.17, 15) is 34.7 Å². The molecule has 11 nitrogen and oxygen atoms in total. The maximum Gasteiger partial charge on any atom is 0.325 e. The molecule has 0 radical (unpaired) electrons. The number of phenolic OH excluding ortho intramolecular Hbond substituents is 1. The van der Waals surface area contributed by atoms with Gasteiger partial charge in [0.25, 0.3) is 5.69 Å². The van der Waals surface area contributed by atoms with Gasteiger partial charge in [-0.1, -0.05) is 18.2 Å². The number of ether oxygens (including phenoxy) is 1. The number of nitrogens with zero attached hydrogens (tertiary/aromatic N) is 1. The number of carboxylic acids is 1. The summed E-state index contributed by atoms with van der Waals surface area (Å²) in [6, 6.07) is 8.84. The normalized spacial score (nSPS) is 26.5. The number of hydrogen-bond donors (Lipinski definition) is 4.